The van der Waals surface area contributed by atoms with Gasteiger partial charge in [-0.15, -0.1) is 0 Å². The van der Waals surface area contributed by atoms with Gasteiger partial charge in [-0.3, -0.25) is 14.4 Å². The van der Waals surface area contributed by atoms with Crippen molar-refractivity contribution >= 4 is 17.9 Å². The van der Waals surface area contributed by atoms with Crippen LogP contribution in [-0.4, -0.2) is 37.2 Å². The van der Waals surface area contributed by atoms with Crippen LogP contribution in [0.2, 0.25) is 0 Å². The molecule has 76 heavy (non-hydrogen) atoms. The largest absolute Gasteiger partial charge is 0.462 e. The maximum absolute atomic E-state index is 12.9. The van der Waals surface area contributed by atoms with Gasteiger partial charge in [0.2, 0.25) is 0 Å². The Morgan fingerprint density at radius 1 is 0.276 bits per heavy atom. The van der Waals surface area contributed by atoms with E-state index in [9.17, 15) is 14.4 Å². The monoisotopic (exact) mass is 1050 g/mol. The quantitative estimate of drug-likeness (QED) is 0.0261. The van der Waals surface area contributed by atoms with E-state index < -0.39 is 6.10 Å². The Morgan fingerprint density at radius 2 is 0.526 bits per heavy atom. The van der Waals surface area contributed by atoms with Crippen molar-refractivity contribution in [2.24, 2.45) is 0 Å². The molecule has 0 aliphatic rings. The SMILES string of the molecule is CC/C=C\C/C=C\C/C=C\C/C=C\C/C=C\CCCCCCCCCCCCCCCC(=O)OCC(COC(=O)CCCCCCC/C=C\C/C=C\CCCC)OC(=O)CCCCCCC/C=C\C/C=C\CCCCC. The molecule has 0 aromatic heterocycles. The van der Waals surface area contributed by atoms with Gasteiger partial charge < -0.3 is 14.2 Å². The Morgan fingerprint density at radius 3 is 0.842 bits per heavy atom. The Balaban J connectivity index is 4.28. The Hall–Kier alpha value is -3.93. The zero-order valence-electron chi connectivity index (χ0n) is 49.7. The average Bonchev–Trinajstić information content (AvgIpc) is 3.42. The molecule has 0 fully saturated rings. The lowest BCUT2D eigenvalue weighted by molar-refractivity contribution is -0.167. The second-order valence-electron chi connectivity index (χ2n) is 20.9. The maximum Gasteiger partial charge on any atom is 0.306 e. The minimum Gasteiger partial charge on any atom is -0.462 e. The molecule has 0 heterocycles. The lowest BCUT2D eigenvalue weighted by atomic mass is 10.0. The topological polar surface area (TPSA) is 78.9 Å². The highest BCUT2D eigenvalue weighted by atomic mass is 16.6. The summed E-state index contributed by atoms with van der Waals surface area (Å²) < 4.78 is 16.9. The molecule has 6 nitrogen and oxygen atoms in total. The van der Waals surface area contributed by atoms with E-state index in [0.717, 1.165) is 141 Å². The Bertz CT molecular complexity index is 1540. The first-order chi connectivity index (χ1) is 37.5. The molecule has 0 aromatic rings. The van der Waals surface area contributed by atoms with Crippen molar-refractivity contribution in [1.29, 1.82) is 0 Å². The van der Waals surface area contributed by atoms with Gasteiger partial charge in [0.25, 0.3) is 0 Å². The van der Waals surface area contributed by atoms with E-state index in [0.29, 0.717) is 19.3 Å². The molecule has 6 heteroatoms. The molecule has 0 N–H and O–H groups in total. The first-order valence-corrected chi connectivity index (χ1v) is 31.9. The molecule has 0 aliphatic carbocycles. The van der Waals surface area contributed by atoms with Crippen molar-refractivity contribution in [2.45, 2.75) is 303 Å². The van der Waals surface area contributed by atoms with Gasteiger partial charge in [-0.1, -0.05) is 265 Å². The number of hydrogen-bond acceptors (Lipinski definition) is 6. The molecule has 434 valence electrons. The summed E-state index contributed by atoms with van der Waals surface area (Å²) in [4.78, 5) is 38.3. The van der Waals surface area contributed by atoms with Gasteiger partial charge in [-0.25, -0.2) is 0 Å². The number of hydrogen-bond donors (Lipinski definition) is 0. The minimum absolute atomic E-state index is 0.0886. The number of unbranched alkanes of at least 4 members (excludes halogenated alkanes) is 28. The number of carbonyl (C=O) groups is 3. The molecule has 1 unspecified atom stereocenters. The Labute approximate surface area is 470 Å². The van der Waals surface area contributed by atoms with Crippen molar-refractivity contribution < 1.29 is 28.6 Å². The molecule has 1 atom stereocenters. The highest BCUT2D eigenvalue weighted by molar-refractivity contribution is 5.71. The van der Waals surface area contributed by atoms with Gasteiger partial charge in [-0.05, 0) is 122 Å². The van der Waals surface area contributed by atoms with Crippen molar-refractivity contribution in [3.63, 3.8) is 0 Å². The smallest absolute Gasteiger partial charge is 0.306 e. The summed E-state index contributed by atoms with van der Waals surface area (Å²) in [5, 5.41) is 0. The molecule has 0 rings (SSSR count). The van der Waals surface area contributed by atoms with Gasteiger partial charge in [0, 0.05) is 19.3 Å². The first kappa shape index (κ1) is 72.1. The lowest BCUT2D eigenvalue weighted by Gasteiger charge is -2.18. The molecular weight excluding hydrogens is 937 g/mol. The molecule has 0 aliphatic heterocycles. The van der Waals surface area contributed by atoms with Gasteiger partial charge in [0.05, 0.1) is 0 Å². The molecule has 0 saturated heterocycles. The van der Waals surface area contributed by atoms with Crippen LogP contribution < -0.4 is 0 Å². The minimum atomic E-state index is -0.793. The van der Waals surface area contributed by atoms with Crippen LogP contribution in [0.25, 0.3) is 0 Å². The fraction of sp³-hybridized carbons (Fsp3) is 0.700. The summed E-state index contributed by atoms with van der Waals surface area (Å²) in [6.07, 6.45) is 86.6. The summed E-state index contributed by atoms with van der Waals surface area (Å²) in [5.74, 6) is -0.912. The van der Waals surface area contributed by atoms with Crippen molar-refractivity contribution in [2.75, 3.05) is 13.2 Å². The van der Waals surface area contributed by atoms with Crippen LogP contribution in [0.15, 0.2) is 109 Å². The van der Waals surface area contributed by atoms with Crippen LogP contribution in [0, 0.1) is 0 Å². The molecule has 0 saturated carbocycles. The summed E-state index contributed by atoms with van der Waals surface area (Å²) in [6, 6.07) is 0. The predicted molar refractivity (Wildman–Crippen MR) is 330 cm³/mol. The third-order valence-electron chi connectivity index (χ3n) is 13.5. The molecule has 0 radical (unpaired) electrons. The number of esters is 3. The van der Waals surface area contributed by atoms with Gasteiger partial charge in [-0.2, -0.15) is 0 Å². The van der Waals surface area contributed by atoms with E-state index in [4.69, 9.17) is 14.2 Å². The summed E-state index contributed by atoms with van der Waals surface area (Å²) in [7, 11) is 0. The third-order valence-corrected chi connectivity index (χ3v) is 13.5. The Kier molecular flexibility index (Phi) is 60.3. The zero-order chi connectivity index (χ0) is 55.0. The van der Waals surface area contributed by atoms with E-state index in [1.165, 1.54) is 116 Å². The molecule has 0 spiro atoms. The lowest BCUT2D eigenvalue weighted by Crippen LogP contribution is -2.30. The first-order valence-electron chi connectivity index (χ1n) is 31.9. The van der Waals surface area contributed by atoms with Gasteiger partial charge >= 0.3 is 17.9 Å². The van der Waals surface area contributed by atoms with Gasteiger partial charge in [0.1, 0.15) is 13.2 Å². The van der Waals surface area contributed by atoms with Crippen molar-refractivity contribution in [3.05, 3.63) is 109 Å². The number of rotatable bonds is 57. The molecule has 0 aromatic carbocycles. The highest BCUT2D eigenvalue weighted by Crippen LogP contribution is 2.16. The normalized spacial score (nSPS) is 12.8. The van der Waals surface area contributed by atoms with E-state index in [2.05, 4.69) is 130 Å². The van der Waals surface area contributed by atoms with E-state index in [1.54, 1.807) is 0 Å². The third kappa shape index (κ3) is 60.9. The van der Waals surface area contributed by atoms with E-state index >= 15 is 0 Å². The zero-order valence-corrected chi connectivity index (χ0v) is 49.7. The number of carbonyl (C=O) groups excluding carboxylic acids is 3. The van der Waals surface area contributed by atoms with E-state index in [-0.39, 0.29) is 31.1 Å². The van der Waals surface area contributed by atoms with Crippen molar-refractivity contribution in [1.82, 2.24) is 0 Å². The second kappa shape index (κ2) is 63.6. The number of ether oxygens (including phenoxy) is 3. The average molecular weight is 1060 g/mol. The molecular formula is C70H118O6. The van der Waals surface area contributed by atoms with Crippen LogP contribution >= 0.6 is 0 Å². The van der Waals surface area contributed by atoms with Crippen LogP contribution in [0.4, 0.5) is 0 Å². The van der Waals surface area contributed by atoms with Crippen molar-refractivity contribution in [3.8, 4) is 0 Å². The van der Waals surface area contributed by atoms with Gasteiger partial charge in [0.15, 0.2) is 6.10 Å². The number of allylic oxidation sites excluding steroid dienone is 18. The predicted octanol–water partition coefficient (Wildman–Crippen LogP) is 21.8. The van der Waals surface area contributed by atoms with Crippen LogP contribution in [-0.2, 0) is 28.6 Å². The van der Waals surface area contributed by atoms with Crippen LogP contribution in [0.3, 0.4) is 0 Å². The standard InChI is InChI=1S/C70H118O6/c1-4-7-10-13-16-19-22-25-28-29-30-31-32-33-34-35-36-37-38-39-40-41-43-45-48-51-54-57-60-63-69(72)75-66-67(65-74-68(71)62-59-56-53-50-47-44-27-24-21-18-15-12-9-6-3)76-70(73)64-61-58-55-52-49-46-42-26-23-20-17-14-11-8-5-2/h7,10,15-20,24-28,30-31,33-34,42,67H,4-6,8-9,11-14,21-23,29,32,35-41,43-66H2,1-3H3/b10-7-,18-15-,19-16-,20-17-,27-24-,28-25-,31-30-,34-33-,42-26-. The fourth-order valence-corrected chi connectivity index (χ4v) is 8.69. The van der Waals surface area contributed by atoms with E-state index in [1.807, 2.05) is 0 Å². The highest BCUT2D eigenvalue weighted by Gasteiger charge is 2.19. The summed E-state index contributed by atoms with van der Waals surface area (Å²) in [6.45, 7) is 6.45. The molecule has 0 amide bonds. The maximum atomic E-state index is 12.9. The van der Waals surface area contributed by atoms with Crippen LogP contribution in [0.1, 0.15) is 297 Å². The van der Waals surface area contributed by atoms with Crippen LogP contribution in [0.5, 0.6) is 0 Å². The summed E-state index contributed by atoms with van der Waals surface area (Å²) >= 11 is 0. The second-order valence-corrected chi connectivity index (χ2v) is 20.9. The fourth-order valence-electron chi connectivity index (χ4n) is 8.69. The summed E-state index contributed by atoms with van der Waals surface area (Å²) in [5.41, 5.74) is 0. The molecule has 0 bridgehead atoms.